The normalized spacial score (nSPS) is 16.0. The molecule has 1 aliphatic rings. The number of allylic oxidation sites excluding steroid dienone is 1. The van der Waals surface area contributed by atoms with Crippen LogP contribution < -0.4 is 10.1 Å². The number of amides is 1. The van der Waals surface area contributed by atoms with Crippen LogP contribution in [-0.4, -0.2) is 16.8 Å². The summed E-state index contributed by atoms with van der Waals surface area (Å²) in [4.78, 5) is 12.3. The van der Waals surface area contributed by atoms with E-state index in [1.54, 1.807) is 6.08 Å². The first-order valence-corrected chi connectivity index (χ1v) is 8.28. The average molecular weight is 384 g/mol. The summed E-state index contributed by atoms with van der Waals surface area (Å²) in [5, 5.41) is 2.60. The van der Waals surface area contributed by atoms with Gasteiger partial charge in [-0.2, -0.15) is 0 Å². The summed E-state index contributed by atoms with van der Waals surface area (Å²) in [6.45, 7) is 4.54. The smallest absolute Gasteiger partial charge is 0.263 e. The van der Waals surface area contributed by atoms with Gasteiger partial charge in [0, 0.05) is 10.0 Å². The number of carbonyl (C=O) groups excluding carboxylic acids is 1. The van der Waals surface area contributed by atoms with Gasteiger partial charge in [0.25, 0.3) is 5.91 Å². The molecule has 0 unspecified atom stereocenters. The number of thiocarbonyl (C=S) groups is 1. The van der Waals surface area contributed by atoms with Crippen LogP contribution in [0.5, 0.6) is 5.75 Å². The van der Waals surface area contributed by atoms with Gasteiger partial charge in [0.05, 0.1) is 4.91 Å². The van der Waals surface area contributed by atoms with Gasteiger partial charge in [-0.1, -0.05) is 45.5 Å². The van der Waals surface area contributed by atoms with Gasteiger partial charge < -0.3 is 10.1 Å². The third kappa shape index (κ3) is 4.69. The number of halogens is 1. The van der Waals surface area contributed by atoms with E-state index in [-0.39, 0.29) is 5.91 Å². The Morgan fingerprint density at radius 2 is 2.24 bits per heavy atom. The minimum atomic E-state index is -0.166. The van der Waals surface area contributed by atoms with Gasteiger partial charge in [-0.05, 0) is 44.2 Å². The maximum Gasteiger partial charge on any atom is 0.263 e. The Morgan fingerprint density at radius 3 is 2.86 bits per heavy atom. The van der Waals surface area contributed by atoms with Crippen molar-refractivity contribution in [2.75, 3.05) is 6.61 Å². The standard InChI is InChI=1S/C15H14BrNO2S2/c1-9(2)5-6-19-12-4-3-11(16)7-10(12)8-13-14(18)17-15(20)21-13/h3-5,7-8H,6H2,1-2H3,(H,17,18,20)/b13-8+. The number of rotatable bonds is 4. The van der Waals surface area contributed by atoms with Crippen LogP contribution in [0.3, 0.4) is 0 Å². The lowest BCUT2D eigenvalue weighted by atomic mass is 10.2. The number of hydrogen-bond acceptors (Lipinski definition) is 4. The van der Waals surface area contributed by atoms with Crippen molar-refractivity contribution in [3.05, 3.63) is 44.8 Å². The molecule has 1 heterocycles. The lowest BCUT2D eigenvalue weighted by molar-refractivity contribution is -0.115. The molecule has 0 aromatic heterocycles. The second kappa shape index (κ2) is 7.24. The van der Waals surface area contributed by atoms with Crippen LogP contribution in [0.25, 0.3) is 6.08 Å². The van der Waals surface area contributed by atoms with Crippen molar-refractivity contribution in [3.8, 4) is 5.75 Å². The van der Waals surface area contributed by atoms with E-state index in [9.17, 15) is 4.79 Å². The Bertz CT molecular complexity index is 649. The largest absolute Gasteiger partial charge is 0.489 e. The summed E-state index contributed by atoms with van der Waals surface area (Å²) in [7, 11) is 0. The summed E-state index contributed by atoms with van der Waals surface area (Å²) in [5.41, 5.74) is 2.04. The van der Waals surface area contributed by atoms with Crippen molar-refractivity contribution < 1.29 is 9.53 Å². The number of hydrogen-bond donors (Lipinski definition) is 1. The summed E-state index contributed by atoms with van der Waals surface area (Å²) in [5.74, 6) is 0.564. The second-order valence-corrected chi connectivity index (χ2v) is 7.26. The zero-order valence-electron chi connectivity index (χ0n) is 11.6. The first kappa shape index (κ1) is 16.3. The molecular weight excluding hydrogens is 370 g/mol. The maximum absolute atomic E-state index is 11.7. The van der Waals surface area contributed by atoms with Crippen molar-refractivity contribution in [2.24, 2.45) is 0 Å². The van der Waals surface area contributed by atoms with Gasteiger partial charge in [0.2, 0.25) is 0 Å². The molecule has 1 aromatic carbocycles. The van der Waals surface area contributed by atoms with E-state index in [0.717, 1.165) is 15.8 Å². The third-order valence-corrected chi connectivity index (χ3v) is 4.29. The number of carbonyl (C=O) groups is 1. The molecule has 1 amide bonds. The topological polar surface area (TPSA) is 38.3 Å². The van der Waals surface area contributed by atoms with Crippen LogP contribution in [0.2, 0.25) is 0 Å². The predicted octanol–water partition coefficient (Wildman–Crippen LogP) is 4.28. The van der Waals surface area contributed by atoms with Gasteiger partial charge >= 0.3 is 0 Å². The highest BCUT2D eigenvalue weighted by atomic mass is 79.9. The molecule has 0 aliphatic carbocycles. The van der Waals surface area contributed by atoms with Crippen LogP contribution in [-0.2, 0) is 4.79 Å². The fourth-order valence-electron chi connectivity index (χ4n) is 1.62. The molecular formula is C15H14BrNO2S2. The Kier molecular flexibility index (Phi) is 5.61. The van der Waals surface area contributed by atoms with Crippen molar-refractivity contribution in [2.45, 2.75) is 13.8 Å². The first-order chi connectivity index (χ1) is 9.95. The minimum absolute atomic E-state index is 0.166. The summed E-state index contributed by atoms with van der Waals surface area (Å²) in [6.07, 6.45) is 3.80. The molecule has 0 saturated carbocycles. The Labute approximate surface area is 142 Å². The van der Waals surface area contributed by atoms with E-state index in [0.29, 0.717) is 15.8 Å². The SMILES string of the molecule is CC(C)=CCOc1ccc(Br)cc1/C=C1/SC(=S)NC1=O. The second-order valence-electron chi connectivity index (χ2n) is 4.63. The zero-order valence-corrected chi connectivity index (χ0v) is 14.8. The number of nitrogens with one attached hydrogen (secondary N) is 1. The van der Waals surface area contributed by atoms with Crippen molar-refractivity contribution in [3.63, 3.8) is 0 Å². The van der Waals surface area contributed by atoms with E-state index in [2.05, 4.69) is 21.2 Å². The molecule has 2 rings (SSSR count). The lowest BCUT2D eigenvalue weighted by Gasteiger charge is -2.08. The fourth-order valence-corrected chi connectivity index (χ4v) is 3.04. The number of ether oxygens (including phenoxy) is 1. The third-order valence-electron chi connectivity index (χ3n) is 2.63. The molecule has 1 N–H and O–H groups in total. The predicted molar refractivity (Wildman–Crippen MR) is 95.4 cm³/mol. The van der Waals surface area contributed by atoms with Gasteiger partial charge in [0.1, 0.15) is 16.7 Å². The molecule has 1 aliphatic heterocycles. The molecule has 1 aromatic rings. The van der Waals surface area contributed by atoms with Crippen LogP contribution >= 0.6 is 39.9 Å². The van der Waals surface area contributed by atoms with E-state index in [1.807, 2.05) is 38.1 Å². The lowest BCUT2D eigenvalue weighted by Crippen LogP contribution is -2.17. The number of benzene rings is 1. The van der Waals surface area contributed by atoms with Crippen molar-refractivity contribution >= 4 is 56.2 Å². The Morgan fingerprint density at radius 1 is 1.48 bits per heavy atom. The summed E-state index contributed by atoms with van der Waals surface area (Å²) < 4.78 is 7.17. The number of thioether (sulfide) groups is 1. The van der Waals surface area contributed by atoms with Crippen molar-refractivity contribution in [1.29, 1.82) is 0 Å². The molecule has 21 heavy (non-hydrogen) atoms. The van der Waals surface area contributed by atoms with Gasteiger partial charge in [0.15, 0.2) is 0 Å². The molecule has 1 saturated heterocycles. The van der Waals surface area contributed by atoms with Crippen LogP contribution in [0.4, 0.5) is 0 Å². The van der Waals surface area contributed by atoms with E-state index >= 15 is 0 Å². The molecule has 3 nitrogen and oxygen atoms in total. The summed E-state index contributed by atoms with van der Waals surface area (Å²) in [6, 6.07) is 5.71. The maximum atomic E-state index is 11.7. The van der Waals surface area contributed by atoms with Gasteiger partial charge in [-0.15, -0.1) is 0 Å². The Hall–Kier alpha value is -1.11. The average Bonchev–Trinajstić information content (AvgIpc) is 2.70. The zero-order chi connectivity index (χ0) is 15.4. The van der Waals surface area contributed by atoms with E-state index in [4.69, 9.17) is 17.0 Å². The van der Waals surface area contributed by atoms with Crippen LogP contribution in [0, 0.1) is 0 Å². The van der Waals surface area contributed by atoms with Crippen LogP contribution in [0.15, 0.2) is 39.2 Å². The monoisotopic (exact) mass is 383 g/mol. The highest BCUT2D eigenvalue weighted by Crippen LogP contribution is 2.31. The molecule has 0 bridgehead atoms. The summed E-state index contributed by atoms with van der Waals surface area (Å²) >= 11 is 9.68. The highest BCUT2D eigenvalue weighted by Gasteiger charge is 2.22. The minimum Gasteiger partial charge on any atom is -0.489 e. The molecule has 1 fully saturated rings. The highest BCUT2D eigenvalue weighted by molar-refractivity contribution is 9.10. The molecule has 6 heteroatoms. The van der Waals surface area contributed by atoms with Gasteiger partial charge in [-0.3, -0.25) is 4.79 Å². The first-order valence-electron chi connectivity index (χ1n) is 6.26. The van der Waals surface area contributed by atoms with Crippen LogP contribution in [0.1, 0.15) is 19.4 Å². The molecule has 0 spiro atoms. The molecule has 0 radical (unpaired) electrons. The fraction of sp³-hybridized carbons (Fsp3) is 0.200. The molecule has 110 valence electrons. The quantitative estimate of drug-likeness (QED) is 0.478. The van der Waals surface area contributed by atoms with Gasteiger partial charge in [-0.25, -0.2) is 0 Å². The Balaban J connectivity index is 2.27. The van der Waals surface area contributed by atoms with E-state index in [1.165, 1.54) is 17.3 Å². The van der Waals surface area contributed by atoms with Crippen molar-refractivity contribution in [1.82, 2.24) is 5.32 Å². The van der Waals surface area contributed by atoms with E-state index < -0.39 is 0 Å². The molecule has 0 atom stereocenters.